The van der Waals surface area contributed by atoms with Crippen molar-refractivity contribution in [3.05, 3.63) is 59.2 Å². The first kappa shape index (κ1) is 16.2. The van der Waals surface area contributed by atoms with Gasteiger partial charge in [-0.15, -0.1) is 0 Å². The number of methoxy groups -OCH3 is 2. The predicted octanol–water partition coefficient (Wildman–Crippen LogP) is 3.83. The summed E-state index contributed by atoms with van der Waals surface area (Å²) in [6.45, 7) is 2.35. The van der Waals surface area contributed by atoms with E-state index in [2.05, 4.69) is 5.32 Å². The number of ether oxygens (including phenoxy) is 2. The number of hydrogen-bond acceptors (Lipinski definition) is 3. The Balaban J connectivity index is 2.08. The van der Waals surface area contributed by atoms with Crippen molar-refractivity contribution >= 4 is 0 Å². The van der Waals surface area contributed by atoms with Crippen LogP contribution in [0.1, 0.15) is 24.1 Å². The van der Waals surface area contributed by atoms with E-state index in [-0.39, 0.29) is 17.6 Å². The van der Waals surface area contributed by atoms with Gasteiger partial charge in [0.25, 0.3) is 0 Å². The summed E-state index contributed by atoms with van der Waals surface area (Å²) in [5.41, 5.74) is 1.50. The highest BCUT2D eigenvalue weighted by molar-refractivity contribution is 5.36. The van der Waals surface area contributed by atoms with E-state index in [1.807, 2.05) is 6.92 Å². The van der Waals surface area contributed by atoms with E-state index in [1.165, 1.54) is 25.3 Å². The molecule has 5 heteroatoms. The standard InChI is InChI=1S/C17H19F2NO2/c1-11(14-9-13(18)5-7-16(14)21-2)20-10-12-4-6-17(22-3)15(19)8-12/h4-9,11,20H,10H2,1-3H3. The van der Waals surface area contributed by atoms with Crippen LogP contribution in [-0.2, 0) is 6.54 Å². The third-order valence-electron chi connectivity index (χ3n) is 3.49. The minimum Gasteiger partial charge on any atom is -0.496 e. The maximum atomic E-state index is 13.6. The fourth-order valence-corrected chi connectivity index (χ4v) is 2.24. The molecule has 22 heavy (non-hydrogen) atoms. The Hall–Kier alpha value is -2.14. The molecule has 3 nitrogen and oxygen atoms in total. The lowest BCUT2D eigenvalue weighted by molar-refractivity contribution is 0.385. The smallest absolute Gasteiger partial charge is 0.165 e. The third-order valence-corrected chi connectivity index (χ3v) is 3.49. The lowest BCUT2D eigenvalue weighted by Gasteiger charge is -2.17. The number of halogens is 2. The second-order valence-electron chi connectivity index (χ2n) is 4.96. The van der Waals surface area contributed by atoms with Crippen molar-refractivity contribution in [3.63, 3.8) is 0 Å². The maximum absolute atomic E-state index is 13.6. The van der Waals surface area contributed by atoms with E-state index in [1.54, 1.807) is 25.3 Å². The molecule has 0 spiro atoms. The summed E-state index contributed by atoms with van der Waals surface area (Å²) in [6.07, 6.45) is 0. The molecule has 1 unspecified atom stereocenters. The van der Waals surface area contributed by atoms with E-state index in [0.29, 0.717) is 12.3 Å². The molecule has 1 atom stereocenters. The fraction of sp³-hybridized carbons (Fsp3) is 0.294. The summed E-state index contributed by atoms with van der Waals surface area (Å²) in [5.74, 6) is 0.101. The second-order valence-corrected chi connectivity index (χ2v) is 4.96. The van der Waals surface area contributed by atoms with E-state index < -0.39 is 5.82 Å². The first-order valence-electron chi connectivity index (χ1n) is 6.94. The molecule has 0 fully saturated rings. The first-order valence-corrected chi connectivity index (χ1v) is 6.94. The average Bonchev–Trinajstić information content (AvgIpc) is 2.52. The van der Waals surface area contributed by atoms with Crippen molar-refractivity contribution in [2.45, 2.75) is 19.5 Å². The van der Waals surface area contributed by atoms with E-state index in [9.17, 15) is 8.78 Å². The highest BCUT2D eigenvalue weighted by atomic mass is 19.1. The topological polar surface area (TPSA) is 30.5 Å². The molecule has 0 amide bonds. The molecule has 118 valence electrons. The van der Waals surface area contributed by atoms with Crippen LogP contribution in [0.15, 0.2) is 36.4 Å². The normalized spacial score (nSPS) is 12.0. The second kappa shape index (κ2) is 7.22. The number of hydrogen-bond donors (Lipinski definition) is 1. The zero-order valence-electron chi connectivity index (χ0n) is 12.8. The fourth-order valence-electron chi connectivity index (χ4n) is 2.24. The third kappa shape index (κ3) is 3.74. The van der Waals surface area contributed by atoms with Gasteiger partial charge in [0.15, 0.2) is 11.6 Å². The van der Waals surface area contributed by atoms with Crippen LogP contribution in [0.5, 0.6) is 11.5 Å². The Kier molecular flexibility index (Phi) is 5.33. The van der Waals surface area contributed by atoms with Gasteiger partial charge in [-0.2, -0.15) is 0 Å². The molecule has 0 heterocycles. The van der Waals surface area contributed by atoms with Crippen LogP contribution < -0.4 is 14.8 Å². The molecule has 0 aliphatic rings. The summed E-state index contributed by atoms with van der Waals surface area (Å²) < 4.78 is 37.2. The molecule has 2 aromatic rings. The predicted molar refractivity (Wildman–Crippen MR) is 81.2 cm³/mol. The van der Waals surface area contributed by atoms with Gasteiger partial charge in [0.05, 0.1) is 14.2 Å². The van der Waals surface area contributed by atoms with Crippen molar-refractivity contribution in [1.82, 2.24) is 5.32 Å². The van der Waals surface area contributed by atoms with Gasteiger partial charge in [0.2, 0.25) is 0 Å². The summed E-state index contributed by atoms with van der Waals surface area (Å²) >= 11 is 0. The van der Waals surface area contributed by atoms with Crippen molar-refractivity contribution < 1.29 is 18.3 Å². The largest absolute Gasteiger partial charge is 0.496 e. The zero-order chi connectivity index (χ0) is 16.1. The van der Waals surface area contributed by atoms with Gasteiger partial charge < -0.3 is 14.8 Å². The van der Waals surface area contributed by atoms with E-state index in [0.717, 1.165) is 11.1 Å². The van der Waals surface area contributed by atoms with E-state index in [4.69, 9.17) is 9.47 Å². The molecule has 0 saturated carbocycles. The Morgan fingerprint density at radius 2 is 1.68 bits per heavy atom. The van der Waals surface area contributed by atoms with Gasteiger partial charge in [0, 0.05) is 18.2 Å². The molecule has 0 bridgehead atoms. The molecule has 1 N–H and O–H groups in total. The quantitative estimate of drug-likeness (QED) is 0.880. The van der Waals surface area contributed by atoms with Crippen LogP contribution in [0.3, 0.4) is 0 Å². The summed E-state index contributed by atoms with van der Waals surface area (Å²) in [7, 11) is 2.97. The number of rotatable bonds is 6. The maximum Gasteiger partial charge on any atom is 0.165 e. The van der Waals surface area contributed by atoms with Gasteiger partial charge in [-0.3, -0.25) is 0 Å². The Bertz CT molecular complexity index is 647. The number of nitrogens with one attached hydrogen (secondary N) is 1. The molecule has 0 saturated heterocycles. The molecule has 0 aliphatic heterocycles. The van der Waals surface area contributed by atoms with Gasteiger partial charge in [0.1, 0.15) is 11.6 Å². The molecule has 0 aromatic heterocycles. The van der Waals surface area contributed by atoms with Crippen molar-refractivity contribution in [2.75, 3.05) is 14.2 Å². The molecular weight excluding hydrogens is 288 g/mol. The van der Waals surface area contributed by atoms with Crippen LogP contribution in [0, 0.1) is 11.6 Å². The highest BCUT2D eigenvalue weighted by Crippen LogP contribution is 2.26. The molecule has 2 rings (SSSR count). The highest BCUT2D eigenvalue weighted by Gasteiger charge is 2.12. The average molecular weight is 307 g/mol. The monoisotopic (exact) mass is 307 g/mol. The van der Waals surface area contributed by atoms with Gasteiger partial charge in [-0.1, -0.05) is 6.07 Å². The SMILES string of the molecule is COc1ccc(CNC(C)c2cc(F)ccc2OC)cc1F. The van der Waals surface area contributed by atoms with Crippen molar-refractivity contribution in [1.29, 1.82) is 0 Å². The van der Waals surface area contributed by atoms with Crippen molar-refractivity contribution in [3.8, 4) is 11.5 Å². The zero-order valence-corrected chi connectivity index (χ0v) is 12.8. The van der Waals surface area contributed by atoms with Gasteiger partial charge in [-0.25, -0.2) is 8.78 Å². The Morgan fingerprint density at radius 1 is 1.00 bits per heavy atom. The summed E-state index contributed by atoms with van der Waals surface area (Å²) in [4.78, 5) is 0. The summed E-state index contributed by atoms with van der Waals surface area (Å²) in [6, 6.07) is 9.02. The van der Waals surface area contributed by atoms with Crippen LogP contribution in [0.25, 0.3) is 0 Å². The Labute approximate surface area is 128 Å². The van der Waals surface area contributed by atoms with E-state index >= 15 is 0 Å². The summed E-state index contributed by atoms with van der Waals surface area (Å²) in [5, 5.41) is 3.23. The molecule has 0 radical (unpaired) electrons. The lowest BCUT2D eigenvalue weighted by atomic mass is 10.1. The molecular formula is C17H19F2NO2. The van der Waals surface area contributed by atoms with Crippen LogP contribution >= 0.6 is 0 Å². The molecule has 2 aromatic carbocycles. The van der Waals surface area contributed by atoms with Gasteiger partial charge >= 0.3 is 0 Å². The van der Waals surface area contributed by atoms with Crippen LogP contribution in [-0.4, -0.2) is 14.2 Å². The van der Waals surface area contributed by atoms with Crippen LogP contribution in [0.2, 0.25) is 0 Å². The van der Waals surface area contributed by atoms with Crippen molar-refractivity contribution in [2.24, 2.45) is 0 Å². The Morgan fingerprint density at radius 3 is 2.32 bits per heavy atom. The van der Waals surface area contributed by atoms with Gasteiger partial charge in [-0.05, 0) is 42.8 Å². The lowest BCUT2D eigenvalue weighted by Crippen LogP contribution is -2.19. The minimum atomic E-state index is -0.405. The minimum absolute atomic E-state index is 0.143. The van der Waals surface area contributed by atoms with Crippen LogP contribution in [0.4, 0.5) is 8.78 Å². The first-order chi connectivity index (χ1) is 10.5. The number of benzene rings is 2. The molecule has 0 aliphatic carbocycles.